The van der Waals surface area contributed by atoms with Gasteiger partial charge in [-0.2, -0.15) is 0 Å². The van der Waals surface area contributed by atoms with Gasteiger partial charge in [0.2, 0.25) is 5.91 Å². The van der Waals surface area contributed by atoms with Crippen LogP contribution in [0.2, 0.25) is 0 Å². The Morgan fingerprint density at radius 3 is 2.68 bits per heavy atom. The van der Waals surface area contributed by atoms with Crippen molar-refractivity contribution < 1.29 is 23.4 Å². The molecule has 0 radical (unpaired) electrons. The van der Waals surface area contributed by atoms with E-state index in [-0.39, 0.29) is 30.7 Å². The number of hydrogen-bond acceptors (Lipinski definition) is 3. The molecule has 0 saturated heterocycles. The van der Waals surface area contributed by atoms with Crippen LogP contribution in [0.15, 0.2) is 18.2 Å². The molecule has 2 N–H and O–H groups in total. The normalized spacial score (nSPS) is 17.0. The molecule has 1 unspecified atom stereocenters. The first-order valence-corrected chi connectivity index (χ1v) is 7.60. The predicted octanol–water partition coefficient (Wildman–Crippen LogP) is 2.40. The number of aliphatic hydroxyl groups is 1. The molecule has 2 rings (SSSR count). The van der Waals surface area contributed by atoms with Gasteiger partial charge in [-0.15, -0.1) is 0 Å². The lowest BCUT2D eigenvalue weighted by Gasteiger charge is -2.21. The number of hydrogen-bond donors (Lipinski definition) is 2. The van der Waals surface area contributed by atoms with Crippen molar-refractivity contribution in [1.82, 2.24) is 5.32 Å². The number of rotatable bonds is 6. The van der Waals surface area contributed by atoms with Gasteiger partial charge in [-0.25, -0.2) is 8.78 Å². The molecule has 1 atom stereocenters. The first-order valence-electron chi connectivity index (χ1n) is 7.60. The average Bonchev–Trinajstić information content (AvgIpc) is 2.54. The monoisotopic (exact) mass is 313 g/mol. The Kier molecular flexibility index (Phi) is 6.12. The van der Waals surface area contributed by atoms with E-state index in [0.717, 1.165) is 37.8 Å². The van der Waals surface area contributed by atoms with E-state index in [9.17, 15) is 18.7 Å². The maximum Gasteiger partial charge on any atom is 0.223 e. The molecule has 0 aromatic heterocycles. The molecule has 0 heterocycles. The Bertz CT molecular complexity index is 504. The molecule has 6 heteroatoms. The third-order valence-electron chi connectivity index (χ3n) is 3.82. The van der Waals surface area contributed by atoms with Gasteiger partial charge in [0, 0.05) is 18.5 Å². The largest absolute Gasteiger partial charge is 0.491 e. The van der Waals surface area contributed by atoms with Crippen molar-refractivity contribution in [2.24, 2.45) is 5.92 Å². The number of halogens is 2. The van der Waals surface area contributed by atoms with Crippen LogP contribution >= 0.6 is 0 Å². The first kappa shape index (κ1) is 16.7. The highest BCUT2D eigenvalue weighted by atomic mass is 19.2. The maximum atomic E-state index is 13.0. The van der Waals surface area contributed by atoms with E-state index in [4.69, 9.17) is 4.74 Å². The minimum absolute atomic E-state index is 0.0352. The lowest BCUT2D eigenvalue weighted by atomic mass is 9.89. The summed E-state index contributed by atoms with van der Waals surface area (Å²) in [5.74, 6) is -1.82. The van der Waals surface area contributed by atoms with Crippen LogP contribution in [0.1, 0.15) is 32.1 Å². The molecule has 0 aliphatic heterocycles. The summed E-state index contributed by atoms with van der Waals surface area (Å²) in [6, 6.07) is 3.16. The summed E-state index contributed by atoms with van der Waals surface area (Å²) in [5, 5.41) is 12.5. The SMILES string of the molecule is O=C(NCC(O)COc1ccc(F)c(F)c1)C1CCCCC1. The van der Waals surface area contributed by atoms with Crippen LogP contribution in [-0.2, 0) is 4.79 Å². The smallest absolute Gasteiger partial charge is 0.223 e. The van der Waals surface area contributed by atoms with Crippen molar-refractivity contribution in [2.75, 3.05) is 13.2 Å². The Balaban J connectivity index is 1.69. The standard InChI is InChI=1S/C16H21F2NO3/c17-14-7-6-13(8-15(14)18)22-10-12(20)9-19-16(21)11-4-2-1-3-5-11/h6-8,11-12,20H,1-5,9-10H2,(H,19,21). The van der Waals surface area contributed by atoms with Crippen LogP contribution in [0.5, 0.6) is 5.75 Å². The van der Waals surface area contributed by atoms with Crippen molar-refractivity contribution in [1.29, 1.82) is 0 Å². The lowest BCUT2D eigenvalue weighted by molar-refractivity contribution is -0.126. The fourth-order valence-electron chi connectivity index (χ4n) is 2.55. The minimum Gasteiger partial charge on any atom is -0.491 e. The molecule has 1 saturated carbocycles. The zero-order valence-electron chi connectivity index (χ0n) is 12.4. The van der Waals surface area contributed by atoms with E-state index in [2.05, 4.69) is 5.32 Å². The summed E-state index contributed by atoms with van der Waals surface area (Å²) >= 11 is 0. The van der Waals surface area contributed by atoms with Crippen LogP contribution in [-0.4, -0.2) is 30.3 Å². The van der Waals surface area contributed by atoms with Gasteiger partial charge < -0.3 is 15.2 Å². The second-order valence-electron chi connectivity index (χ2n) is 5.62. The Hall–Kier alpha value is -1.69. The fourth-order valence-corrected chi connectivity index (χ4v) is 2.55. The third-order valence-corrected chi connectivity index (χ3v) is 3.82. The van der Waals surface area contributed by atoms with Gasteiger partial charge in [-0.3, -0.25) is 4.79 Å². The number of benzene rings is 1. The molecule has 1 amide bonds. The molecule has 1 aromatic carbocycles. The lowest BCUT2D eigenvalue weighted by Crippen LogP contribution is -2.39. The zero-order valence-corrected chi connectivity index (χ0v) is 12.4. The van der Waals surface area contributed by atoms with Crippen LogP contribution < -0.4 is 10.1 Å². The van der Waals surface area contributed by atoms with Crippen LogP contribution in [0.25, 0.3) is 0 Å². The number of amides is 1. The Morgan fingerprint density at radius 1 is 1.27 bits per heavy atom. The van der Waals surface area contributed by atoms with E-state index in [0.29, 0.717) is 0 Å². The molecule has 122 valence electrons. The topological polar surface area (TPSA) is 58.6 Å². The van der Waals surface area contributed by atoms with Gasteiger partial charge in [0.25, 0.3) is 0 Å². The van der Waals surface area contributed by atoms with Crippen LogP contribution in [0.4, 0.5) is 8.78 Å². The number of aliphatic hydroxyl groups excluding tert-OH is 1. The van der Waals surface area contributed by atoms with Crippen LogP contribution in [0, 0.1) is 17.6 Å². The molecule has 4 nitrogen and oxygen atoms in total. The van der Waals surface area contributed by atoms with Crippen molar-refractivity contribution in [3.05, 3.63) is 29.8 Å². The van der Waals surface area contributed by atoms with Gasteiger partial charge in [0.1, 0.15) is 18.5 Å². The third kappa shape index (κ3) is 4.94. The summed E-state index contributed by atoms with van der Waals surface area (Å²) in [5.41, 5.74) is 0. The van der Waals surface area contributed by atoms with Gasteiger partial charge >= 0.3 is 0 Å². The molecule has 0 spiro atoms. The zero-order chi connectivity index (χ0) is 15.9. The van der Waals surface area contributed by atoms with E-state index in [1.165, 1.54) is 12.5 Å². The number of carbonyl (C=O) groups excluding carboxylic acids is 1. The summed E-state index contributed by atoms with van der Waals surface area (Å²) in [4.78, 5) is 11.9. The van der Waals surface area contributed by atoms with Gasteiger partial charge in [0.05, 0.1) is 0 Å². The highest BCUT2D eigenvalue weighted by molar-refractivity contribution is 5.78. The summed E-state index contributed by atoms with van der Waals surface area (Å²) in [7, 11) is 0. The molecule has 0 bridgehead atoms. The molecule has 1 aliphatic rings. The second-order valence-corrected chi connectivity index (χ2v) is 5.62. The second kappa shape index (κ2) is 8.08. The average molecular weight is 313 g/mol. The Labute approximate surface area is 128 Å². The molecular formula is C16H21F2NO3. The quantitative estimate of drug-likeness (QED) is 0.848. The predicted molar refractivity (Wildman–Crippen MR) is 77.4 cm³/mol. The van der Waals surface area contributed by atoms with Crippen molar-refractivity contribution in [2.45, 2.75) is 38.2 Å². The van der Waals surface area contributed by atoms with Gasteiger partial charge in [0.15, 0.2) is 11.6 Å². The highest BCUT2D eigenvalue weighted by Crippen LogP contribution is 2.23. The minimum atomic E-state index is -1.00. The number of nitrogens with one attached hydrogen (secondary N) is 1. The first-order chi connectivity index (χ1) is 10.6. The summed E-state index contributed by atoms with van der Waals surface area (Å²) in [6.45, 7) is -0.0188. The fraction of sp³-hybridized carbons (Fsp3) is 0.562. The van der Waals surface area contributed by atoms with E-state index in [1.807, 2.05) is 0 Å². The number of ether oxygens (including phenoxy) is 1. The van der Waals surface area contributed by atoms with E-state index < -0.39 is 17.7 Å². The van der Waals surface area contributed by atoms with E-state index >= 15 is 0 Å². The molecular weight excluding hydrogens is 292 g/mol. The summed E-state index contributed by atoms with van der Waals surface area (Å²) in [6.07, 6.45) is 4.20. The van der Waals surface area contributed by atoms with Gasteiger partial charge in [-0.05, 0) is 25.0 Å². The molecule has 22 heavy (non-hydrogen) atoms. The van der Waals surface area contributed by atoms with Crippen molar-refractivity contribution in [3.63, 3.8) is 0 Å². The van der Waals surface area contributed by atoms with Crippen LogP contribution in [0.3, 0.4) is 0 Å². The maximum absolute atomic E-state index is 13.0. The molecule has 1 fully saturated rings. The summed E-state index contributed by atoms with van der Waals surface area (Å²) < 4.78 is 30.9. The van der Waals surface area contributed by atoms with Crippen molar-refractivity contribution in [3.8, 4) is 5.75 Å². The van der Waals surface area contributed by atoms with Gasteiger partial charge in [-0.1, -0.05) is 19.3 Å². The molecule has 1 aromatic rings. The Morgan fingerprint density at radius 2 is 2.00 bits per heavy atom. The highest BCUT2D eigenvalue weighted by Gasteiger charge is 2.21. The molecule has 1 aliphatic carbocycles. The van der Waals surface area contributed by atoms with E-state index in [1.54, 1.807) is 0 Å². The van der Waals surface area contributed by atoms with Crippen molar-refractivity contribution >= 4 is 5.91 Å². The number of carbonyl (C=O) groups is 1.